The van der Waals surface area contributed by atoms with Crippen LogP contribution >= 0.6 is 0 Å². The quantitative estimate of drug-likeness (QED) is 0.701. The molecule has 0 aliphatic heterocycles. The second kappa shape index (κ2) is 8.02. The fourth-order valence-corrected chi connectivity index (χ4v) is 1.86. The van der Waals surface area contributed by atoms with Gasteiger partial charge in [0.2, 0.25) is 0 Å². The molecule has 0 saturated heterocycles. The van der Waals surface area contributed by atoms with Crippen molar-refractivity contribution in [3.8, 4) is 0 Å². The molecule has 120 valence electrons. The minimum Gasteiger partial charge on any atom is -0.481 e. The Balaban J connectivity index is 2.92. The van der Waals surface area contributed by atoms with Crippen LogP contribution in [-0.4, -0.2) is 47.8 Å². The molecule has 22 heavy (non-hydrogen) atoms. The van der Waals surface area contributed by atoms with Gasteiger partial charge in [-0.05, 0) is 31.2 Å². The third-order valence-corrected chi connectivity index (χ3v) is 2.99. The molecule has 7 nitrogen and oxygen atoms in total. The molecule has 0 aromatic heterocycles. The molecule has 1 atom stereocenters. The number of carbonyl (C=O) groups is 3. The molecule has 1 aromatic rings. The first kappa shape index (κ1) is 17.5. The van der Waals surface area contributed by atoms with Gasteiger partial charge in [-0.25, -0.2) is 4.79 Å². The van der Waals surface area contributed by atoms with Crippen molar-refractivity contribution >= 4 is 23.6 Å². The Hall–Kier alpha value is -2.57. The number of nitrogens with zero attached hydrogens (tertiary/aromatic N) is 1. The number of carboxylic acids is 2. The van der Waals surface area contributed by atoms with E-state index < -0.39 is 23.8 Å². The Morgan fingerprint density at radius 3 is 2.23 bits per heavy atom. The van der Waals surface area contributed by atoms with Crippen LogP contribution in [0.15, 0.2) is 24.3 Å². The number of aliphatic carboxylic acids is 2. The summed E-state index contributed by atoms with van der Waals surface area (Å²) in [4.78, 5) is 34.9. The second-order valence-electron chi connectivity index (χ2n) is 4.78. The van der Waals surface area contributed by atoms with Gasteiger partial charge < -0.3 is 19.8 Å². The highest BCUT2D eigenvalue weighted by molar-refractivity contribution is 5.90. The minimum atomic E-state index is -1.06. The van der Waals surface area contributed by atoms with Gasteiger partial charge in [0, 0.05) is 12.2 Å². The van der Waals surface area contributed by atoms with E-state index in [1.807, 2.05) is 0 Å². The molecule has 0 spiro atoms. The number of anilines is 1. The van der Waals surface area contributed by atoms with Crippen molar-refractivity contribution in [2.45, 2.75) is 13.8 Å². The highest BCUT2D eigenvalue weighted by Gasteiger charge is 2.19. The molecular weight excluding hydrogens is 290 g/mol. The van der Waals surface area contributed by atoms with Gasteiger partial charge in [0.25, 0.3) is 0 Å². The summed E-state index contributed by atoms with van der Waals surface area (Å²) in [5.41, 5.74) is 0.885. The number of ether oxygens (including phenoxy) is 1. The van der Waals surface area contributed by atoms with E-state index in [1.54, 1.807) is 19.1 Å². The van der Waals surface area contributed by atoms with Gasteiger partial charge in [0.1, 0.15) is 6.54 Å². The lowest BCUT2D eigenvalue weighted by atomic mass is 10.1. The van der Waals surface area contributed by atoms with Crippen LogP contribution in [0.1, 0.15) is 24.2 Å². The summed E-state index contributed by atoms with van der Waals surface area (Å²) in [6.45, 7) is 3.21. The van der Waals surface area contributed by atoms with E-state index in [-0.39, 0.29) is 19.7 Å². The first-order valence-electron chi connectivity index (χ1n) is 6.81. The number of rotatable bonds is 8. The van der Waals surface area contributed by atoms with Crippen molar-refractivity contribution in [3.63, 3.8) is 0 Å². The molecule has 0 aliphatic carbocycles. The van der Waals surface area contributed by atoms with Crippen molar-refractivity contribution in [2.75, 3.05) is 24.6 Å². The van der Waals surface area contributed by atoms with E-state index >= 15 is 0 Å². The number of benzene rings is 1. The van der Waals surface area contributed by atoms with Crippen molar-refractivity contribution in [2.24, 2.45) is 5.92 Å². The molecule has 7 heteroatoms. The number of carbonyl (C=O) groups excluding carboxylic acids is 1. The lowest BCUT2D eigenvalue weighted by Gasteiger charge is -2.24. The number of hydrogen-bond donors (Lipinski definition) is 2. The normalized spacial score (nSPS) is 11.5. The summed E-state index contributed by atoms with van der Waals surface area (Å²) in [6, 6.07) is 6.19. The lowest BCUT2D eigenvalue weighted by Crippen LogP contribution is -2.35. The average molecular weight is 309 g/mol. The smallest absolute Gasteiger partial charge is 0.338 e. The molecule has 1 unspecified atom stereocenters. The highest BCUT2D eigenvalue weighted by atomic mass is 16.5. The fraction of sp³-hybridized carbons (Fsp3) is 0.400. The third-order valence-electron chi connectivity index (χ3n) is 2.99. The Kier molecular flexibility index (Phi) is 6.37. The summed E-state index contributed by atoms with van der Waals surface area (Å²) in [5, 5.41) is 17.9. The van der Waals surface area contributed by atoms with Gasteiger partial charge in [0.15, 0.2) is 0 Å². The number of esters is 1. The minimum absolute atomic E-state index is 0.0559. The maximum absolute atomic E-state index is 11.6. The highest BCUT2D eigenvalue weighted by Crippen LogP contribution is 2.17. The summed E-state index contributed by atoms with van der Waals surface area (Å²) in [6.07, 6.45) is 0. The van der Waals surface area contributed by atoms with Crippen LogP contribution in [-0.2, 0) is 14.3 Å². The van der Waals surface area contributed by atoms with Crippen LogP contribution in [0.5, 0.6) is 0 Å². The summed E-state index contributed by atoms with van der Waals surface area (Å²) in [7, 11) is 0. The Labute approximate surface area is 128 Å². The fourth-order valence-electron chi connectivity index (χ4n) is 1.86. The zero-order valence-corrected chi connectivity index (χ0v) is 12.5. The van der Waals surface area contributed by atoms with Crippen LogP contribution in [0.2, 0.25) is 0 Å². The molecule has 0 heterocycles. The standard InChI is InChI=1S/C15H19NO6/c1-3-22-15(21)11-4-6-12(7-5-11)16(9-13(17)18)8-10(2)14(19)20/h4-7,10H,3,8-9H2,1-2H3,(H,17,18)(H,19,20). The van der Waals surface area contributed by atoms with Gasteiger partial charge in [0.05, 0.1) is 18.1 Å². The topological polar surface area (TPSA) is 104 Å². The lowest BCUT2D eigenvalue weighted by molar-refractivity contribution is -0.141. The largest absolute Gasteiger partial charge is 0.481 e. The predicted octanol–water partition coefficient (Wildman–Crippen LogP) is 1.47. The third kappa shape index (κ3) is 5.08. The maximum Gasteiger partial charge on any atom is 0.338 e. The first-order valence-corrected chi connectivity index (χ1v) is 6.81. The molecule has 0 radical (unpaired) electrons. The van der Waals surface area contributed by atoms with Crippen LogP contribution < -0.4 is 4.90 Å². The molecular formula is C15H19NO6. The Bertz CT molecular complexity index is 539. The van der Waals surface area contributed by atoms with E-state index in [2.05, 4.69) is 0 Å². The van der Waals surface area contributed by atoms with Crippen LogP contribution in [0.4, 0.5) is 5.69 Å². The van der Waals surface area contributed by atoms with E-state index in [0.29, 0.717) is 11.3 Å². The molecule has 0 amide bonds. The van der Waals surface area contributed by atoms with Crippen LogP contribution in [0.3, 0.4) is 0 Å². The average Bonchev–Trinajstić information content (AvgIpc) is 2.46. The Morgan fingerprint density at radius 2 is 1.77 bits per heavy atom. The van der Waals surface area contributed by atoms with Crippen LogP contribution in [0.25, 0.3) is 0 Å². The summed E-state index contributed by atoms with van der Waals surface area (Å²) < 4.78 is 4.86. The molecule has 1 aromatic carbocycles. The zero-order valence-electron chi connectivity index (χ0n) is 12.5. The van der Waals surface area contributed by atoms with Gasteiger partial charge in [-0.3, -0.25) is 9.59 Å². The van der Waals surface area contributed by atoms with Crippen molar-refractivity contribution in [1.82, 2.24) is 0 Å². The van der Waals surface area contributed by atoms with E-state index in [0.717, 1.165) is 0 Å². The monoisotopic (exact) mass is 309 g/mol. The SMILES string of the molecule is CCOC(=O)c1ccc(N(CC(=O)O)CC(C)C(=O)O)cc1. The molecule has 0 saturated carbocycles. The number of carboxylic acid groups (broad SMARTS) is 2. The van der Waals surface area contributed by atoms with E-state index in [9.17, 15) is 14.4 Å². The second-order valence-corrected chi connectivity index (χ2v) is 4.78. The zero-order chi connectivity index (χ0) is 16.7. The van der Waals surface area contributed by atoms with Gasteiger partial charge in [-0.1, -0.05) is 6.92 Å². The van der Waals surface area contributed by atoms with Crippen LogP contribution in [0, 0.1) is 5.92 Å². The van der Waals surface area contributed by atoms with Gasteiger partial charge >= 0.3 is 17.9 Å². The first-order chi connectivity index (χ1) is 10.3. The molecule has 2 N–H and O–H groups in total. The van der Waals surface area contributed by atoms with Gasteiger partial charge in [-0.2, -0.15) is 0 Å². The molecule has 0 fully saturated rings. The van der Waals surface area contributed by atoms with Crippen molar-refractivity contribution in [1.29, 1.82) is 0 Å². The van der Waals surface area contributed by atoms with E-state index in [1.165, 1.54) is 24.0 Å². The summed E-state index contributed by atoms with van der Waals surface area (Å²) in [5.74, 6) is -3.24. The van der Waals surface area contributed by atoms with E-state index in [4.69, 9.17) is 14.9 Å². The molecule has 1 rings (SSSR count). The maximum atomic E-state index is 11.6. The molecule has 0 bridgehead atoms. The van der Waals surface area contributed by atoms with Crippen molar-refractivity contribution in [3.05, 3.63) is 29.8 Å². The predicted molar refractivity (Wildman–Crippen MR) is 79.0 cm³/mol. The Morgan fingerprint density at radius 1 is 1.18 bits per heavy atom. The molecule has 0 aliphatic rings. The van der Waals surface area contributed by atoms with Crippen molar-refractivity contribution < 1.29 is 29.3 Å². The van der Waals surface area contributed by atoms with Gasteiger partial charge in [-0.15, -0.1) is 0 Å². The summed E-state index contributed by atoms with van der Waals surface area (Å²) >= 11 is 0. The number of hydrogen-bond acceptors (Lipinski definition) is 5.